The summed E-state index contributed by atoms with van der Waals surface area (Å²) in [7, 11) is 0. The van der Waals surface area contributed by atoms with Gasteiger partial charge in [0.2, 0.25) is 0 Å². The second kappa shape index (κ2) is 11.7. The molecule has 0 bridgehead atoms. The number of carbonyl (C=O) groups excluding carboxylic acids is 2. The molecule has 46 heavy (non-hydrogen) atoms. The Morgan fingerprint density at radius 2 is 1.50 bits per heavy atom. The Kier molecular flexibility index (Phi) is 9.05. The first-order chi connectivity index (χ1) is 21.3. The maximum absolute atomic E-state index is 12.7. The maximum atomic E-state index is 12.7. The minimum atomic E-state index is -1.25. The van der Waals surface area contributed by atoms with Crippen LogP contribution in [-0.2, 0) is 19.1 Å². The molecule has 4 fully saturated rings. The highest BCUT2D eigenvalue weighted by Gasteiger charge is 2.73. The van der Waals surface area contributed by atoms with Gasteiger partial charge >= 0.3 is 11.9 Å². The van der Waals surface area contributed by atoms with Crippen LogP contribution in [-0.4, -0.2) is 70.0 Å². The van der Waals surface area contributed by atoms with E-state index in [2.05, 4.69) is 39.8 Å². The van der Waals surface area contributed by atoms with Crippen molar-refractivity contribution in [1.29, 1.82) is 0 Å². The summed E-state index contributed by atoms with van der Waals surface area (Å²) in [5, 5.41) is 46.9. The minimum absolute atomic E-state index is 0.0200. The summed E-state index contributed by atoms with van der Waals surface area (Å²) in [6, 6.07) is 0. The first-order valence-electron chi connectivity index (χ1n) is 17.6. The zero-order valence-corrected chi connectivity index (χ0v) is 29.6. The topological polar surface area (TPSA) is 134 Å². The van der Waals surface area contributed by atoms with Gasteiger partial charge in [0.1, 0.15) is 6.61 Å². The highest BCUT2D eigenvalue weighted by Crippen LogP contribution is 2.75. The number of esters is 2. The van der Waals surface area contributed by atoms with Gasteiger partial charge < -0.3 is 29.9 Å². The number of aliphatic hydroxyl groups is 4. The van der Waals surface area contributed by atoms with Crippen LogP contribution in [0.4, 0.5) is 0 Å². The first-order valence-corrected chi connectivity index (χ1v) is 17.6. The number of aliphatic hydroxyl groups excluding tert-OH is 4. The molecule has 13 atom stereocenters. The van der Waals surface area contributed by atoms with E-state index in [9.17, 15) is 30.0 Å². The zero-order valence-electron chi connectivity index (χ0n) is 29.6. The fourth-order valence-electron chi connectivity index (χ4n) is 12.0. The summed E-state index contributed by atoms with van der Waals surface area (Å²) >= 11 is 0. The van der Waals surface area contributed by atoms with Crippen molar-refractivity contribution in [2.75, 3.05) is 13.2 Å². The third kappa shape index (κ3) is 4.89. The quantitative estimate of drug-likeness (QED) is 0.179. The minimum Gasteiger partial charge on any atom is -0.465 e. The lowest BCUT2D eigenvalue weighted by atomic mass is 9.34. The molecule has 0 heterocycles. The lowest BCUT2D eigenvalue weighted by molar-refractivity contribution is -0.289. The fourth-order valence-corrected chi connectivity index (χ4v) is 12.0. The van der Waals surface area contributed by atoms with Gasteiger partial charge in [-0.2, -0.15) is 0 Å². The summed E-state index contributed by atoms with van der Waals surface area (Å²) in [6.45, 7) is 18.1. The molecule has 260 valence electrons. The number of rotatable bonds is 5. The van der Waals surface area contributed by atoms with Gasteiger partial charge in [0.25, 0.3) is 0 Å². The molecule has 8 nitrogen and oxygen atoms in total. The standard InChI is InChI=1S/C38H60O8/c1-10-22(2)32(44)46-20-35(7)26-14-17-36(8)27(34(26,6)16-15-28(35)40)13-11-12-24-25-18-33(4,5)30(42)31(43)38(25,21-45-23(3)39)29(41)19-37(24,36)9/h10-12,24-31,40-43H,13-21H2,1-9H3/b22-10+/t24?,25?,26?,27?,28-,29+,30-,31-,34-,35+,36+,37+,38-/m0/s1. The molecule has 0 saturated heterocycles. The van der Waals surface area contributed by atoms with Crippen LogP contribution in [0.25, 0.3) is 0 Å². The lowest BCUT2D eigenvalue weighted by Crippen LogP contribution is -2.72. The number of carbonyl (C=O) groups is 2. The van der Waals surface area contributed by atoms with Crippen molar-refractivity contribution >= 4 is 11.9 Å². The Labute approximate surface area is 276 Å². The van der Waals surface area contributed by atoms with E-state index < -0.39 is 46.6 Å². The largest absolute Gasteiger partial charge is 0.465 e. The normalized spacial score (nSPS) is 49.8. The molecule has 5 aliphatic carbocycles. The average Bonchev–Trinajstić information content (AvgIpc) is 3.10. The Balaban J connectivity index is 1.55. The molecular weight excluding hydrogens is 584 g/mol. The van der Waals surface area contributed by atoms with Crippen LogP contribution in [0.1, 0.15) is 107 Å². The van der Waals surface area contributed by atoms with E-state index >= 15 is 0 Å². The van der Waals surface area contributed by atoms with E-state index in [1.165, 1.54) is 6.92 Å². The van der Waals surface area contributed by atoms with Crippen LogP contribution in [0.15, 0.2) is 23.8 Å². The van der Waals surface area contributed by atoms with Crippen molar-refractivity contribution in [2.24, 2.45) is 56.2 Å². The van der Waals surface area contributed by atoms with Crippen molar-refractivity contribution in [3.63, 3.8) is 0 Å². The number of ether oxygens (including phenoxy) is 2. The highest BCUT2D eigenvalue weighted by molar-refractivity contribution is 5.87. The molecule has 8 heteroatoms. The monoisotopic (exact) mass is 644 g/mol. The molecular formula is C38H60O8. The molecule has 0 spiro atoms. The summed E-state index contributed by atoms with van der Waals surface area (Å²) in [5.41, 5.74) is -2.53. The van der Waals surface area contributed by atoms with Crippen molar-refractivity contribution in [3.05, 3.63) is 23.8 Å². The molecule has 4 saturated carbocycles. The Bertz CT molecular complexity index is 1270. The second-order valence-corrected chi connectivity index (χ2v) is 17.6. The Morgan fingerprint density at radius 3 is 2.13 bits per heavy atom. The van der Waals surface area contributed by atoms with E-state index in [0.29, 0.717) is 24.8 Å². The van der Waals surface area contributed by atoms with Gasteiger partial charge in [-0.05, 0) is 104 Å². The fraction of sp³-hybridized carbons (Fsp3) is 0.842. The molecule has 0 aliphatic heterocycles. The smallest absolute Gasteiger partial charge is 0.333 e. The molecule has 0 radical (unpaired) electrons. The molecule has 4 N–H and O–H groups in total. The van der Waals surface area contributed by atoms with Crippen LogP contribution in [0.5, 0.6) is 0 Å². The van der Waals surface area contributed by atoms with Gasteiger partial charge in [0, 0.05) is 17.9 Å². The number of hydrogen-bond donors (Lipinski definition) is 4. The summed E-state index contributed by atoms with van der Waals surface area (Å²) in [6.07, 6.45) is 7.61. The third-order valence-electron chi connectivity index (χ3n) is 15.1. The summed E-state index contributed by atoms with van der Waals surface area (Å²) < 4.78 is 11.5. The van der Waals surface area contributed by atoms with Gasteiger partial charge in [-0.3, -0.25) is 4.79 Å². The second-order valence-electron chi connectivity index (χ2n) is 17.6. The lowest BCUT2D eigenvalue weighted by Gasteiger charge is -2.71. The predicted octanol–water partition coefficient (Wildman–Crippen LogP) is 5.36. The van der Waals surface area contributed by atoms with Gasteiger partial charge in [-0.15, -0.1) is 0 Å². The number of fused-ring (bicyclic) bond motifs is 7. The van der Waals surface area contributed by atoms with Gasteiger partial charge in [0.15, 0.2) is 0 Å². The average molecular weight is 645 g/mol. The molecule has 0 aromatic heterocycles. The Hall–Kier alpha value is -1.74. The summed E-state index contributed by atoms with van der Waals surface area (Å²) in [5.74, 6) is -0.676. The number of allylic oxidation sites excluding steroid dienone is 3. The van der Waals surface area contributed by atoms with Crippen molar-refractivity contribution in [2.45, 2.75) is 132 Å². The Morgan fingerprint density at radius 1 is 0.826 bits per heavy atom. The van der Waals surface area contributed by atoms with Crippen LogP contribution in [0, 0.1) is 56.2 Å². The molecule has 4 unspecified atom stereocenters. The predicted molar refractivity (Wildman–Crippen MR) is 175 cm³/mol. The van der Waals surface area contributed by atoms with Crippen LogP contribution in [0.2, 0.25) is 0 Å². The number of hydrogen-bond acceptors (Lipinski definition) is 8. The molecule has 5 rings (SSSR count). The van der Waals surface area contributed by atoms with E-state index in [4.69, 9.17) is 9.47 Å². The van der Waals surface area contributed by atoms with Gasteiger partial charge in [-0.25, -0.2) is 4.79 Å². The van der Waals surface area contributed by atoms with E-state index in [1.807, 2.05) is 20.8 Å². The summed E-state index contributed by atoms with van der Waals surface area (Å²) in [4.78, 5) is 24.8. The van der Waals surface area contributed by atoms with E-state index in [-0.39, 0.29) is 59.1 Å². The van der Waals surface area contributed by atoms with Crippen LogP contribution < -0.4 is 0 Å². The van der Waals surface area contributed by atoms with Crippen molar-refractivity contribution in [3.8, 4) is 0 Å². The van der Waals surface area contributed by atoms with Crippen molar-refractivity contribution in [1.82, 2.24) is 0 Å². The van der Waals surface area contributed by atoms with E-state index in [0.717, 1.165) is 25.7 Å². The van der Waals surface area contributed by atoms with Gasteiger partial charge in [-0.1, -0.05) is 59.8 Å². The maximum Gasteiger partial charge on any atom is 0.333 e. The molecule has 0 aromatic carbocycles. The first kappa shape index (κ1) is 35.6. The van der Waals surface area contributed by atoms with E-state index in [1.54, 1.807) is 13.0 Å². The molecule has 0 aromatic rings. The van der Waals surface area contributed by atoms with Crippen LogP contribution >= 0.6 is 0 Å². The zero-order chi connectivity index (χ0) is 34.3. The van der Waals surface area contributed by atoms with Crippen LogP contribution in [0.3, 0.4) is 0 Å². The molecule has 0 amide bonds. The third-order valence-corrected chi connectivity index (χ3v) is 15.1. The highest BCUT2D eigenvalue weighted by atomic mass is 16.5. The van der Waals surface area contributed by atoms with Crippen molar-refractivity contribution < 1.29 is 39.5 Å². The molecule has 5 aliphatic rings. The van der Waals surface area contributed by atoms with Gasteiger partial charge in [0.05, 0.1) is 36.4 Å². The SMILES string of the molecule is C/C=C(\C)C(=O)OC[C@]1(C)C2CC[C@]3(C)C(CC=CC4C5CC(C)(C)[C@@H](O)[C@H](O)[C@]5(COC(C)=O)[C@H](O)C[C@]43C)[C@@]2(C)CC[C@@H]1O.